The van der Waals surface area contributed by atoms with Gasteiger partial charge >= 0.3 is 0 Å². The first-order valence-electron chi connectivity index (χ1n) is 11.8. The van der Waals surface area contributed by atoms with Gasteiger partial charge in [-0.1, -0.05) is 12.1 Å². The molecule has 194 valence electrons. The third-order valence-electron chi connectivity index (χ3n) is 6.01. The number of fused-ring (bicyclic) bond motifs is 1. The van der Waals surface area contributed by atoms with E-state index in [0.717, 1.165) is 0 Å². The fourth-order valence-electron chi connectivity index (χ4n) is 4.11. The third-order valence-corrected chi connectivity index (χ3v) is 7.42. The number of anilines is 3. The number of nitrogens with one attached hydrogen (secondary N) is 2. The van der Waals surface area contributed by atoms with Crippen molar-refractivity contribution >= 4 is 33.0 Å². The van der Waals surface area contributed by atoms with Crippen LogP contribution in [0.1, 0.15) is 0 Å². The van der Waals surface area contributed by atoms with Crippen molar-refractivity contribution in [2.75, 3.05) is 55.0 Å². The van der Waals surface area contributed by atoms with E-state index in [1.54, 1.807) is 54.6 Å². The van der Waals surface area contributed by atoms with E-state index in [9.17, 15) is 13.2 Å². The van der Waals surface area contributed by atoms with E-state index in [1.807, 2.05) is 11.0 Å². The Bertz CT molecular complexity index is 1370. The van der Waals surface area contributed by atoms with E-state index in [1.165, 1.54) is 13.2 Å². The maximum atomic E-state index is 13.5. The van der Waals surface area contributed by atoms with Crippen LogP contribution in [0.4, 0.5) is 17.1 Å². The van der Waals surface area contributed by atoms with E-state index in [0.29, 0.717) is 60.6 Å². The Balaban J connectivity index is 1.41. The molecule has 2 aliphatic heterocycles. The average Bonchev–Trinajstić information content (AvgIpc) is 2.93. The Labute approximate surface area is 215 Å². The lowest BCUT2D eigenvalue weighted by Crippen LogP contribution is -2.40. The largest absolute Gasteiger partial charge is 0.497 e. The monoisotopic (exact) mass is 525 g/mol. The molecule has 0 radical (unpaired) electrons. The Morgan fingerprint density at radius 1 is 0.973 bits per heavy atom. The number of carbonyl (C=O) groups is 1. The van der Waals surface area contributed by atoms with Crippen LogP contribution in [0.15, 0.2) is 71.6 Å². The Kier molecular flexibility index (Phi) is 7.06. The van der Waals surface area contributed by atoms with Gasteiger partial charge in [0.15, 0.2) is 11.5 Å². The molecule has 2 aliphatic rings. The molecule has 1 atom stereocenters. The Morgan fingerprint density at radius 3 is 2.41 bits per heavy atom. The van der Waals surface area contributed by atoms with Crippen LogP contribution in [0.3, 0.4) is 0 Å². The number of hydrogen-bond acceptors (Lipinski definition) is 8. The van der Waals surface area contributed by atoms with Gasteiger partial charge in [-0.05, 0) is 54.6 Å². The zero-order valence-electron chi connectivity index (χ0n) is 20.2. The lowest BCUT2D eigenvalue weighted by atomic mass is 10.2. The van der Waals surface area contributed by atoms with Crippen LogP contribution in [0.5, 0.6) is 17.2 Å². The van der Waals surface area contributed by atoms with Crippen molar-refractivity contribution < 1.29 is 32.2 Å². The lowest BCUT2D eigenvalue weighted by molar-refractivity contribution is -0.125. The highest BCUT2D eigenvalue weighted by Crippen LogP contribution is 2.33. The summed E-state index contributed by atoms with van der Waals surface area (Å²) in [6, 6.07) is 18.5. The molecular weight excluding hydrogens is 498 g/mol. The zero-order valence-corrected chi connectivity index (χ0v) is 21.0. The number of hydrogen-bond donors (Lipinski definition) is 2. The van der Waals surface area contributed by atoms with Crippen molar-refractivity contribution in [1.82, 2.24) is 0 Å². The molecular formula is C26H27N3O7S. The van der Waals surface area contributed by atoms with E-state index in [-0.39, 0.29) is 11.5 Å². The van der Waals surface area contributed by atoms with E-state index in [2.05, 4.69) is 10.0 Å². The molecule has 1 amide bonds. The fraction of sp³-hybridized carbons (Fsp3) is 0.269. The van der Waals surface area contributed by atoms with Gasteiger partial charge in [-0.3, -0.25) is 9.52 Å². The number of nitrogens with zero attached hydrogens (tertiary/aromatic N) is 1. The molecule has 2 N–H and O–H groups in total. The summed E-state index contributed by atoms with van der Waals surface area (Å²) in [7, 11) is -2.48. The number of morpholine rings is 1. The molecule has 3 aromatic rings. The van der Waals surface area contributed by atoms with E-state index in [4.69, 9.17) is 18.9 Å². The smallest absolute Gasteiger partial charge is 0.269 e. The number of para-hydroxylation sites is 2. The quantitative estimate of drug-likeness (QED) is 0.484. The topological polar surface area (TPSA) is 115 Å². The summed E-state index contributed by atoms with van der Waals surface area (Å²) in [5.74, 6) is 1.21. The van der Waals surface area contributed by atoms with E-state index >= 15 is 0 Å². The highest BCUT2D eigenvalue weighted by Gasteiger charge is 2.29. The van der Waals surface area contributed by atoms with Crippen LogP contribution in [0.25, 0.3) is 0 Å². The molecule has 2 heterocycles. The maximum Gasteiger partial charge on any atom is 0.269 e. The van der Waals surface area contributed by atoms with Crippen LogP contribution < -0.4 is 29.1 Å². The summed E-state index contributed by atoms with van der Waals surface area (Å²) < 4.78 is 51.7. The van der Waals surface area contributed by atoms with Crippen molar-refractivity contribution in [3.8, 4) is 17.2 Å². The van der Waals surface area contributed by atoms with Gasteiger partial charge in [-0.15, -0.1) is 0 Å². The van der Waals surface area contributed by atoms with E-state index < -0.39 is 22.0 Å². The molecule has 5 rings (SSSR count). The Hall–Kier alpha value is -3.96. The van der Waals surface area contributed by atoms with Crippen molar-refractivity contribution in [2.45, 2.75) is 11.0 Å². The van der Waals surface area contributed by atoms with Crippen LogP contribution in [0.2, 0.25) is 0 Å². The number of methoxy groups -OCH3 is 1. The second-order valence-corrected chi connectivity index (χ2v) is 10.1. The number of ether oxygens (including phenoxy) is 4. The van der Waals surface area contributed by atoms with Crippen LogP contribution in [-0.2, 0) is 19.6 Å². The lowest BCUT2D eigenvalue weighted by Gasteiger charge is -2.31. The summed E-state index contributed by atoms with van der Waals surface area (Å²) in [4.78, 5) is 14.9. The maximum absolute atomic E-state index is 13.5. The summed E-state index contributed by atoms with van der Waals surface area (Å²) in [6.07, 6.45) is -0.883. The molecule has 0 aromatic heterocycles. The van der Waals surface area contributed by atoms with Crippen LogP contribution in [0, 0.1) is 0 Å². The number of amides is 1. The van der Waals surface area contributed by atoms with Crippen LogP contribution >= 0.6 is 0 Å². The summed E-state index contributed by atoms with van der Waals surface area (Å²) in [6.45, 7) is 2.11. The molecule has 0 spiro atoms. The standard InChI is InChI=1S/C26H27N3O7S/c1-33-20-9-6-18(7-10-20)28-37(31,32)25-16-19(8-11-21(25)29-12-14-34-15-13-29)27-26(30)24-17-35-22-4-2-3-5-23(22)36-24/h2-11,16,24,28H,12-15,17H2,1H3,(H,27,30)/t24-/m1/s1. The van der Waals surface area contributed by atoms with Crippen molar-refractivity contribution in [3.05, 3.63) is 66.7 Å². The Morgan fingerprint density at radius 2 is 1.68 bits per heavy atom. The predicted octanol–water partition coefficient (Wildman–Crippen LogP) is 3.11. The second kappa shape index (κ2) is 10.6. The molecule has 1 fully saturated rings. The highest BCUT2D eigenvalue weighted by molar-refractivity contribution is 7.92. The minimum absolute atomic E-state index is 0.0363. The van der Waals surface area contributed by atoms with Crippen molar-refractivity contribution in [2.24, 2.45) is 0 Å². The third kappa shape index (κ3) is 5.57. The zero-order chi connectivity index (χ0) is 25.8. The summed E-state index contributed by atoms with van der Waals surface area (Å²) >= 11 is 0. The fourth-order valence-corrected chi connectivity index (χ4v) is 5.42. The number of benzene rings is 3. The minimum atomic E-state index is -4.02. The molecule has 0 saturated carbocycles. The number of sulfonamides is 1. The normalized spacial score (nSPS) is 17.1. The number of carbonyl (C=O) groups excluding carboxylic acids is 1. The van der Waals surface area contributed by atoms with Gasteiger partial charge in [0.25, 0.3) is 15.9 Å². The molecule has 0 unspecified atom stereocenters. The van der Waals surface area contributed by atoms with Crippen molar-refractivity contribution in [3.63, 3.8) is 0 Å². The second-order valence-electron chi connectivity index (χ2n) is 8.47. The van der Waals surface area contributed by atoms with Gasteiger partial charge in [-0.2, -0.15) is 0 Å². The van der Waals surface area contributed by atoms with Gasteiger partial charge in [0.2, 0.25) is 6.10 Å². The van der Waals surface area contributed by atoms with Gasteiger partial charge < -0.3 is 29.2 Å². The van der Waals surface area contributed by atoms with Crippen molar-refractivity contribution in [1.29, 1.82) is 0 Å². The van der Waals surface area contributed by atoms with Gasteiger partial charge in [-0.25, -0.2) is 8.42 Å². The van der Waals surface area contributed by atoms with Gasteiger partial charge in [0, 0.05) is 24.5 Å². The molecule has 0 aliphatic carbocycles. The molecule has 0 bridgehead atoms. The molecule has 37 heavy (non-hydrogen) atoms. The molecule has 11 heteroatoms. The van der Waals surface area contributed by atoms with Gasteiger partial charge in [0.05, 0.1) is 26.0 Å². The SMILES string of the molecule is COc1ccc(NS(=O)(=O)c2cc(NC(=O)[C@H]3COc4ccccc4O3)ccc2N2CCOCC2)cc1. The molecule has 3 aromatic carbocycles. The molecule has 1 saturated heterocycles. The minimum Gasteiger partial charge on any atom is -0.497 e. The first kappa shape index (κ1) is 24.7. The summed E-state index contributed by atoms with van der Waals surface area (Å²) in [5, 5.41) is 2.77. The van der Waals surface area contributed by atoms with Gasteiger partial charge in [0.1, 0.15) is 17.3 Å². The highest BCUT2D eigenvalue weighted by atomic mass is 32.2. The number of rotatable bonds is 7. The average molecular weight is 526 g/mol. The van der Waals surface area contributed by atoms with Crippen LogP contribution in [-0.4, -0.2) is 60.4 Å². The summed E-state index contributed by atoms with van der Waals surface area (Å²) in [5.41, 5.74) is 1.22. The first-order chi connectivity index (χ1) is 17.9. The predicted molar refractivity (Wildman–Crippen MR) is 138 cm³/mol. The first-order valence-corrected chi connectivity index (χ1v) is 13.2. The molecule has 10 nitrogen and oxygen atoms in total.